The average Bonchev–Trinajstić information content (AvgIpc) is 3.06. The minimum atomic E-state index is -0.794. The van der Waals surface area contributed by atoms with Gasteiger partial charge < -0.3 is 9.84 Å². The van der Waals surface area contributed by atoms with E-state index in [1.165, 1.54) is 18.2 Å². The number of carboxylic acids is 1. The molecule has 1 atom stereocenters. The van der Waals surface area contributed by atoms with Crippen LogP contribution in [0.25, 0.3) is 0 Å². The van der Waals surface area contributed by atoms with Gasteiger partial charge in [0.1, 0.15) is 11.8 Å². The molecular weight excluding hydrogens is 360 g/mol. The summed E-state index contributed by atoms with van der Waals surface area (Å²) in [4.78, 5) is 23.7. The summed E-state index contributed by atoms with van der Waals surface area (Å²) in [5.41, 5.74) is 0.749. The number of nitro groups is 1. The van der Waals surface area contributed by atoms with Gasteiger partial charge in [-0.3, -0.25) is 19.8 Å². The number of halogens is 1. The van der Waals surface area contributed by atoms with E-state index in [9.17, 15) is 20.0 Å². The first kappa shape index (κ1) is 18.2. The highest BCUT2D eigenvalue weighted by atomic mass is 35.5. The van der Waals surface area contributed by atoms with Crippen molar-refractivity contribution in [3.8, 4) is 11.5 Å². The molecule has 0 amide bonds. The van der Waals surface area contributed by atoms with Crippen molar-refractivity contribution in [3.63, 3.8) is 0 Å². The number of hydrogen-bond donors (Lipinski definition) is 1. The van der Waals surface area contributed by atoms with Crippen molar-refractivity contribution in [2.75, 3.05) is 6.54 Å². The molecule has 0 radical (unpaired) electrons. The van der Waals surface area contributed by atoms with Crippen molar-refractivity contribution in [1.29, 1.82) is 0 Å². The van der Waals surface area contributed by atoms with Gasteiger partial charge in [0.25, 0.3) is 0 Å². The predicted molar refractivity (Wildman–Crippen MR) is 95.7 cm³/mol. The number of nitrogens with zero attached hydrogens (tertiary/aromatic N) is 2. The topological polar surface area (TPSA) is 92.9 Å². The number of aliphatic carboxylic acids is 1. The third-order valence-corrected chi connectivity index (χ3v) is 4.54. The molecule has 8 heteroatoms. The Hall–Kier alpha value is -2.64. The normalized spacial score (nSPS) is 17.2. The van der Waals surface area contributed by atoms with Crippen molar-refractivity contribution >= 4 is 23.3 Å². The molecule has 7 nitrogen and oxygen atoms in total. The van der Waals surface area contributed by atoms with Crippen molar-refractivity contribution in [2.24, 2.45) is 0 Å². The summed E-state index contributed by atoms with van der Waals surface area (Å²) in [7, 11) is 0. The van der Waals surface area contributed by atoms with Gasteiger partial charge in [-0.25, -0.2) is 0 Å². The minimum absolute atomic E-state index is 0.109. The van der Waals surface area contributed by atoms with Crippen LogP contribution in [-0.4, -0.2) is 33.5 Å². The van der Waals surface area contributed by atoms with Crippen LogP contribution in [-0.2, 0) is 11.3 Å². The first-order valence-corrected chi connectivity index (χ1v) is 8.49. The van der Waals surface area contributed by atoms with Crippen LogP contribution in [0.5, 0.6) is 11.5 Å². The average molecular weight is 377 g/mol. The molecular formula is C18H17ClN2O5. The molecule has 2 aromatic carbocycles. The molecule has 0 aromatic heterocycles. The first-order chi connectivity index (χ1) is 12.4. The highest BCUT2D eigenvalue weighted by Crippen LogP contribution is 2.33. The van der Waals surface area contributed by atoms with Gasteiger partial charge >= 0.3 is 11.7 Å². The molecule has 0 saturated carbocycles. The number of carboxylic acid groups (broad SMARTS) is 1. The molecule has 1 fully saturated rings. The van der Waals surface area contributed by atoms with Crippen molar-refractivity contribution in [2.45, 2.75) is 25.4 Å². The van der Waals surface area contributed by atoms with E-state index < -0.39 is 16.9 Å². The molecule has 0 spiro atoms. The Morgan fingerprint density at radius 1 is 1.31 bits per heavy atom. The van der Waals surface area contributed by atoms with E-state index in [4.69, 9.17) is 16.3 Å². The van der Waals surface area contributed by atoms with E-state index in [-0.39, 0.29) is 16.5 Å². The summed E-state index contributed by atoms with van der Waals surface area (Å²) in [6, 6.07) is 10.8. The van der Waals surface area contributed by atoms with Gasteiger partial charge in [0.2, 0.25) is 5.75 Å². The quantitative estimate of drug-likeness (QED) is 0.603. The fourth-order valence-corrected chi connectivity index (χ4v) is 3.21. The smallest absolute Gasteiger partial charge is 0.320 e. The van der Waals surface area contributed by atoms with Crippen LogP contribution in [0.3, 0.4) is 0 Å². The Balaban J connectivity index is 1.71. The summed E-state index contributed by atoms with van der Waals surface area (Å²) in [6.45, 7) is 1.30. The lowest BCUT2D eigenvalue weighted by atomic mass is 10.2. The van der Waals surface area contributed by atoms with Crippen LogP contribution < -0.4 is 4.74 Å². The largest absolute Gasteiger partial charge is 0.480 e. The summed E-state index contributed by atoms with van der Waals surface area (Å²) in [5.74, 6) is -0.231. The van der Waals surface area contributed by atoms with E-state index in [0.717, 1.165) is 18.5 Å². The van der Waals surface area contributed by atoms with Crippen molar-refractivity contribution in [1.82, 2.24) is 4.90 Å². The molecule has 26 heavy (non-hydrogen) atoms. The molecule has 2 aromatic rings. The zero-order chi connectivity index (χ0) is 18.7. The Labute approximate surface area is 154 Å². The van der Waals surface area contributed by atoms with Crippen LogP contribution in [0, 0.1) is 10.1 Å². The van der Waals surface area contributed by atoms with Gasteiger partial charge in [0.15, 0.2) is 0 Å². The molecule has 1 aliphatic rings. The number of ether oxygens (including phenoxy) is 1. The second-order valence-corrected chi connectivity index (χ2v) is 6.52. The predicted octanol–water partition coefficient (Wildman–Crippen LogP) is 4.09. The lowest BCUT2D eigenvalue weighted by molar-refractivity contribution is -0.385. The number of rotatable bonds is 6. The van der Waals surface area contributed by atoms with Gasteiger partial charge in [-0.2, -0.15) is 0 Å². The highest BCUT2D eigenvalue weighted by Gasteiger charge is 2.30. The van der Waals surface area contributed by atoms with Crippen LogP contribution in [0.15, 0.2) is 42.5 Å². The molecule has 0 bridgehead atoms. The number of likely N-dealkylation sites (tertiary alicyclic amines) is 1. The monoisotopic (exact) mass is 376 g/mol. The fraction of sp³-hybridized carbons (Fsp3) is 0.278. The zero-order valence-electron chi connectivity index (χ0n) is 13.8. The van der Waals surface area contributed by atoms with Gasteiger partial charge in [0, 0.05) is 17.6 Å². The van der Waals surface area contributed by atoms with Gasteiger partial charge in [0.05, 0.1) is 4.92 Å². The van der Waals surface area contributed by atoms with Gasteiger partial charge in [-0.1, -0.05) is 23.7 Å². The second-order valence-electron chi connectivity index (χ2n) is 6.08. The zero-order valence-corrected chi connectivity index (χ0v) is 14.6. The molecule has 1 N–H and O–H groups in total. The summed E-state index contributed by atoms with van der Waals surface area (Å²) < 4.78 is 5.60. The lowest BCUT2D eigenvalue weighted by Gasteiger charge is -2.21. The number of carbonyl (C=O) groups is 1. The third kappa shape index (κ3) is 4.12. The van der Waals surface area contributed by atoms with E-state index in [1.807, 2.05) is 17.0 Å². The third-order valence-electron chi connectivity index (χ3n) is 4.30. The van der Waals surface area contributed by atoms with Gasteiger partial charge in [-0.15, -0.1) is 0 Å². The molecule has 1 aliphatic heterocycles. The van der Waals surface area contributed by atoms with E-state index >= 15 is 0 Å². The van der Waals surface area contributed by atoms with E-state index in [0.29, 0.717) is 18.7 Å². The second kappa shape index (κ2) is 7.72. The molecule has 0 aliphatic carbocycles. The maximum absolute atomic E-state index is 11.2. The van der Waals surface area contributed by atoms with Crippen LogP contribution in [0.2, 0.25) is 5.02 Å². The maximum Gasteiger partial charge on any atom is 0.320 e. The standard InChI is InChI=1S/C18H17ClN2O5/c19-13-5-8-17(16(10-13)21(24)25)26-14-6-3-12(4-7-14)11-20-9-1-2-15(20)18(22)23/h3-8,10,15H,1-2,9,11H2,(H,22,23). The van der Waals surface area contributed by atoms with Crippen molar-refractivity contribution < 1.29 is 19.6 Å². The maximum atomic E-state index is 11.2. The number of nitro benzene ring substituents is 1. The van der Waals surface area contributed by atoms with Crippen LogP contribution in [0.4, 0.5) is 5.69 Å². The Kier molecular flexibility index (Phi) is 5.39. The Bertz CT molecular complexity index is 825. The lowest BCUT2D eigenvalue weighted by Crippen LogP contribution is -2.35. The Morgan fingerprint density at radius 3 is 2.69 bits per heavy atom. The first-order valence-electron chi connectivity index (χ1n) is 8.11. The molecule has 1 unspecified atom stereocenters. The van der Waals surface area contributed by atoms with Crippen LogP contribution in [0.1, 0.15) is 18.4 Å². The molecule has 136 valence electrons. The fourth-order valence-electron chi connectivity index (χ4n) is 3.04. The summed E-state index contributed by atoms with van der Waals surface area (Å²) >= 11 is 5.79. The summed E-state index contributed by atoms with van der Waals surface area (Å²) in [6.07, 6.45) is 1.54. The number of hydrogen-bond acceptors (Lipinski definition) is 5. The summed E-state index contributed by atoms with van der Waals surface area (Å²) in [5, 5.41) is 20.6. The van der Waals surface area contributed by atoms with Gasteiger partial charge in [-0.05, 0) is 49.2 Å². The molecule has 1 heterocycles. The number of benzene rings is 2. The van der Waals surface area contributed by atoms with Crippen LogP contribution >= 0.6 is 11.6 Å². The molecule has 3 rings (SSSR count). The van der Waals surface area contributed by atoms with Crippen molar-refractivity contribution in [3.05, 3.63) is 63.2 Å². The molecule has 1 saturated heterocycles. The van der Waals surface area contributed by atoms with E-state index in [2.05, 4.69) is 0 Å². The minimum Gasteiger partial charge on any atom is -0.480 e. The highest BCUT2D eigenvalue weighted by molar-refractivity contribution is 6.30. The SMILES string of the molecule is O=C(O)C1CCCN1Cc1ccc(Oc2ccc(Cl)cc2[N+](=O)[O-])cc1. The Morgan fingerprint density at radius 2 is 2.04 bits per heavy atom. The van der Waals surface area contributed by atoms with E-state index in [1.54, 1.807) is 12.1 Å².